The van der Waals surface area contributed by atoms with Gasteiger partial charge in [-0.25, -0.2) is 0 Å². The average Bonchev–Trinajstić information content (AvgIpc) is 1.97. The van der Waals surface area contributed by atoms with Crippen LogP contribution >= 0.6 is 34.8 Å². The van der Waals surface area contributed by atoms with Crippen LogP contribution < -0.4 is 5.73 Å². The summed E-state index contributed by atoms with van der Waals surface area (Å²) in [6.45, 7) is 0. The Morgan fingerprint density at radius 3 is 2.27 bits per heavy atom. The minimum absolute atomic E-state index is 0.0116. The van der Waals surface area contributed by atoms with Crippen LogP contribution in [0.2, 0.25) is 15.1 Å². The number of aromatic hydroxyl groups is 1. The molecule has 0 heterocycles. The number of rotatable bonds is 0. The van der Waals surface area contributed by atoms with Crippen LogP contribution in [0.1, 0.15) is 0 Å². The summed E-state index contributed by atoms with van der Waals surface area (Å²) in [6, 6.07) is 1.33. The monoisotopic (exact) mass is 211 g/mol. The van der Waals surface area contributed by atoms with Gasteiger partial charge in [0, 0.05) is 0 Å². The van der Waals surface area contributed by atoms with Gasteiger partial charge in [-0.05, 0) is 6.07 Å². The third-order valence-electron chi connectivity index (χ3n) is 1.18. The number of hydrogen-bond acceptors (Lipinski definition) is 2. The van der Waals surface area contributed by atoms with Crippen LogP contribution in [0.4, 0.5) is 5.69 Å². The normalized spacial score (nSPS) is 10.1. The maximum atomic E-state index is 9.11. The van der Waals surface area contributed by atoms with Gasteiger partial charge in [0.1, 0.15) is 5.02 Å². The zero-order valence-corrected chi connectivity index (χ0v) is 7.50. The first kappa shape index (κ1) is 8.78. The van der Waals surface area contributed by atoms with Crippen molar-refractivity contribution in [3.8, 4) is 5.75 Å². The summed E-state index contributed by atoms with van der Waals surface area (Å²) in [7, 11) is 0. The van der Waals surface area contributed by atoms with Gasteiger partial charge in [0.2, 0.25) is 0 Å². The highest BCUT2D eigenvalue weighted by Crippen LogP contribution is 2.40. The summed E-state index contributed by atoms with van der Waals surface area (Å²) in [5.41, 5.74) is 5.50. The van der Waals surface area contributed by atoms with Gasteiger partial charge in [-0.1, -0.05) is 34.8 Å². The Morgan fingerprint density at radius 1 is 1.18 bits per heavy atom. The molecule has 3 N–H and O–H groups in total. The van der Waals surface area contributed by atoms with Crippen molar-refractivity contribution in [1.29, 1.82) is 0 Å². The molecule has 0 aliphatic carbocycles. The Hall–Kier alpha value is -0.310. The highest BCUT2D eigenvalue weighted by atomic mass is 35.5. The summed E-state index contributed by atoms with van der Waals surface area (Å²) >= 11 is 16.6. The number of benzene rings is 1. The van der Waals surface area contributed by atoms with Gasteiger partial charge in [-0.15, -0.1) is 0 Å². The fourth-order valence-corrected chi connectivity index (χ4v) is 1.36. The molecule has 0 radical (unpaired) electrons. The van der Waals surface area contributed by atoms with Crippen molar-refractivity contribution >= 4 is 40.5 Å². The van der Waals surface area contributed by atoms with Crippen LogP contribution in [0, 0.1) is 0 Å². The zero-order valence-electron chi connectivity index (χ0n) is 5.24. The fraction of sp³-hybridized carbons (Fsp3) is 0. The second kappa shape index (κ2) is 2.97. The average molecular weight is 212 g/mol. The first-order chi connectivity index (χ1) is 5.04. The number of halogens is 3. The van der Waals surface area contributed by atoms with Gasteiger partial charge in [0.15, 0.2) is 5.75 Å². The molecule has 5 heteroatoms. The molecule has 0 aliphatic heterocycles. The van der Waals surface area contributed by atoms with E-state index in [1.807, 2.05) is 0 Å². The second-order valence-electron chi connectivity index (χ2n) is 1.92. The summed E-state index contributed by atoms with van der Waals surface area (Å²) in [5, 5.41) is 9.42. The second-order valence-corrected chi connectivity index (χ2v) is 3.11. The number of nitrogen functional groups attached to an aromatic ring is 1. The summed E-state index contributed by atoms with van der Waals surface area (Å²) < 4.78 is 0. The predicted octanol–water partition coefficient (Wildman–Crippen LogP) is 2.93. The number of phenolic OH excluding ortho intramolecular Hbond substituents is 1. The van der Waals surface area contributed by atoms with E-state index in [4.69, 9.17) is 45.6 Å². The molecule has 0 fully saturated rings. The van der Waals surface area contributed by atoms with Crippen molar-refractivity contribution in [2.45, 2.75) is 0 Å². The third-order valence-corrected chi connectivity index (χ3v) is 2.16. The van der Waals surface area contributed by atoms with Gasteiger partial charge < -0.3 is 10.8 Å². The SMILES string of the molecule is Nc1c(Cl)cc(Cl)c(O)c1Cl. The van der Waals surface area contributed by atoms with Crippen LogP contribution in [-0.4, -0.2) is 5.11 Å². The van der Waals surface area contributed by atoms with Crippen molar-refractivity contribution in [2.75, 3.05) is 5.73 Å². The van der Waals surface area contributed by atoms with Crippen LogP contribution in [0.5, 0.6) is 5.75 Å². The lowest BCUT2D eigenvalue weighted by molar-refractivity contribution is 0.476. The molecule has 1 rings (SSSR count). The van der Waals surface area contributed by atoms with E-state index in [2.05, 4.69) is 0 Å². The lowest BCUT2D eigenvalue weighted by atomic mass is 10.3. The largest absolute Gasteiger partial charge is 0.505 e. The van der Waals surface area contributed by atoms with E-state index in [1.54, 1.807) is 0 Å². The first-order valence-corrected chi connectivity index (χ1v) is 3.79. The Labute approximate surface area is 78.5 Å². The van der Waals surface area contributed by atoms with Gasteiger partial charge in [0.25, 0.3) is 0 Å². The smallest absolute Gasteiger partial charge is 0.154 e. The summed E-state index contributed by atoms with van der Waals surface area (Å²) in [4.78, 5) is 0. The molecule has 0 saturated heterocycles. The van der Waals surface area contributed by atoms with Crippen molar-refractivity contribution in [3.05, 3.63) is 21.1 Å². The predicted molar refractivity (Wildman–Crippen MR) is 47.5 cm³/mol. The Kier molecular flexibility index (Phi) is 2.37. The molecule has 0 aromatic heterocycles. The number of hydrogen-bond donors (Lipinski definition) is 2. The lowest BCUT2D eigenvalue weighted by Crippen LogP contribution is -1.88. The molecule has 0 bridgehead atoms. The van der Waals surface area contributed by atoms with Crippen LogP contribution in [0.3, 0.4) is 0 Å². The van der Waals surface area contributed by atoms with E-state index in [-0.39, 0.29) is 26.5 Å². The molecule has 0 spiro atoms. The number of anilines is 1. The molecular formula is C6H4Cl3NO. The van der Waals surface area contributed by atoms with Gasteiger partial charge in [0.05, 0.1) is 15.7 Å². The zero-order chi connectivity index (χ0) is 8.59. The maximum Gasteiger partial charge on any atom is 0.154 e. The highest BCUT2D eigenvalue weighted by Gasteiger charge is 2.10. The third kappa shape index (κ3) is 1.48. The fourth-order valence-electron chi connectivity index (χ4n) is 0.595. The molecule has 0 saturated carbocycles. The molecular weight excluding hydrogens is 208 g/mol. The van der Waals surface area contributed by atoms with Gasteiger partial charge in [-0.2, -0.15) is 0 Å². The lowest BCUT2D eigenvalue weighted by Gasteiger charge is -2.04. The molecule has 0 unspecified atom stereocenters. The van der Waals surface area contributed by atoms with Crippen molar-refractivity contribution in [1.82, 2.24) is 0 Å². The molecule has 0 aliphatic rings. The quantitative estimate of drug-likeness (QED) is 0.650. The molecule has 1 aromatic carbocycles. The number of nitrogens with two attached hydrogens (primary N) is 1. The van der Waals surface area contributed by atoms with E-state index in [0.29, 0.717) is 0 Å². The molecule has 1 aromatic rings. The van der Waals surface area contributed by atoms with Crippen molar-refractivity contribution in [3.63, 3.8) is 0 Å². The van der Waals surface area contributed by atoms with Crippen LogP contribution in [0.15, 0.2) is 6.07 Å². The Balaban J connectivity index is 3.46. The van der Waals surface area contributed by atoms with Crippen molar-refractivity contribution < 1.29 is 5.11 Å². The Morgan fingerprint density at radius 2 is 1.73 bits per heavy atom. The van der Waals surface area contributed by atoms with Crippen LogP contribution in [-0.2, 0) is 0 Å². The van der Waals surface area contributed by atoms with E-state index < -0.39 is 0 Å². The first-order valence-electron chi connectivity index (χ1n) is 2.66. The minimum Gasteiger partial charge on any atom is -0.505 e. The molecule has 60 valence electrons. The summed E-state index contributed by atoms with van der Waals surface area (Å²) in [5.74, 6) is -0.241. The van der Waals surface area contributed by atoms with Crippen molar-refractivity contribution in [2.24, 2.45) is 0 Å². The highest BCUT2D eigenvalue weighted by molar-refractivity contribution is 6.43. The van der Waals surface area contributed by atoms with Crippen LogP contribution in [0.25, 0.3) is 0 Å². The topological polar surface area (TPSA) is 46.2 Å². The standard InChI is InChI=1S/C6H4Cl3NO/c7-2-1-3(8)6(11)4(9)5(2)10/h1,11H,10H2. The van der Waals surface area contributed by atoms with E-state index in [9.17, 15) is 0 Å². The van der Waals surface area contributed by atoms with E-state index in [1.165, 1.54) is 6.07 Å². The Bertz CT molecular complexity index is 274. The maximum absolute atomic E-state index is 9.11. The molecule has 2 nitrogen and oxygen atoms in total. The van der Waals surface area contributed by atoms with Gasteiger partial charge in [-0.3, -0.25) is 0 Å². The molecule has 11 heavy (non-hydrogen) atoms. The van der Waals surface area contributed by atoms with E-state index >= 15 is 0 Å². The van der Waals surface area contributed by atoms with E-state index in [0.717, 1.165) is 0 Å². The van der Waals surface area contributed by atoms with Gasteiger partial charge >= 0.3 is 0 Å². The number of phenols is 1. The minimum atomic E-state index is -0.241. The molecule has 0 amide bonds. The molecule has 0 atom stereocenters. The summed E-state index contributed by atoms with van der Waals surface area (Å²) in [6.07, 6.45) is 0.